The zero-order chi connectivity index (χ0) is 15.4. The molecule has 0 aliphatic carbocycles. The Bertz CT molecular complexity index is 613. The smallest absolute Gasteiger partial charge is 0.251 e. The van der Waals surface area contributed by atoms with E-state index < -0.39 is 0 Å². The Kier molecular flexibility index (Phi) is 5.05. The van der Waals surface area contributed by atoms with Crippen LogP contribution in [0, 0.1) is 5.92 Å². The van der Waals surface area contributed by atoms with Gasteiger partial charge in [0.05, 0.1) is 0 Å². The van der Waals surface area contributed by atoms with E-state index in [9.17, 15) is 4.79 Å². The van der Waals surface area contributed by atoms with Crippen LogP contribution in [0.15, 0.2) is 30.5 Å². The van der Waals surface area contributed by atoms with E-state index in [0.717, 1.165) is 29.8 Å². The molecule has 0 fully saturated rings. The lowest BCUT2D eigenvalue weighted by atomic mass is 10.0. The Labute approximate surface area is 127 Å². The van der Waals surface area contributed by atoms with Crippen molar-refractivity contribution in [1.29, 1.82) is 0 Å². The first kappa shape index (κ1) is 15.6. The van der Waals surface area contributed by atoms with E-state index in [1.807, 2.05) is 36.0 Å². The van der Waals surface area contributed by atoms with E-state index >= 15 is 0 Å². The van der Waals surface area contributed by atoms with Crippen LogP contribution >= 0.6 is 0 Å². The van der Waals surface area contributed by atoms with Crippen LogP contribution in [0.25, 0.3) is 10.9 Å². The predicted molar refractivity (Wildman–Crippen MR) is 88.5 cm³/mol. The van der Waals surface area contributed by atoms with Crippen molar-refractivity contribution in [3.05, 3.63) is 36.0 Å². The maximum atomic E-state index is 12.3. The van der Waals surface area contributed by atoms with Gasteiger partial charge < -0.3 is 9.88 Å². The molecule has 21 heavy (non-hydrogen) atoms. The molecule has 0 saturated carbocycles. The van der Waals surface area contributed by atoms with Crippen LogP contribution < -0.4 is 5.32 Å². The van der Waals surface area contributed by atoms with E-state index in [-0.39, 0.29) is 11.9 Å². The number of carbonyl (C=O) groups excluding carboxylic acids is 1. The highest BCUT2D eigenvalue weighted by molar-refractivity contribution is 5.98. The van der Waals surface area contributed by atoms with E-state index in [4.69, 9.17) is 0 Å². The number of fused-ring (bicyclic) bond motifs is 1. The van der Waals surface area contributed by atoms with Crippen LogP contribution in [0.2, 0.25) is 0 Å². The molecule has 0 radical (unpaired) electrons. The van der Waals surface area contributed by atoms with Gasteiger partial charge in [-0.3, -0.25) is 4.79 Å². The molecule has 2 rings (SSSR count). The quantitative estimate of drug-likeness (QED) is 0.851. The van der Waals surface area contributed by atoms with Gasteiger partial charge in [0.25, 0.3) is 5.91 Å². The van der Waals surface area contributed by atoms with Crippen LogP contribution in [-0.4, -0.2) is 16.5 Å². The number of hydrogen-bond acceptors (Lipinski definition) is 1. The first-order valence-corrected chi connectivity index (χ1v) is 7.83. The fourth-order valence-electron chi connectivity index (χ4n) is 2.62. The number of carbonyl (C=O) groups is 1. The largest absolute Gasteiger partial charge is 0.351 e. The summed E-state index contributed by atoms with van der Waals surface area (Å²) in [5.41, 5.74) is 1.83. The summed E-state index contributed by atoms with van der Waals surface area (Å²) in [4.78, 5) is 12.3. The number of benzene rings is 1. The summed E-state index contributed by atoms with van der Waals surface area (Å²) in [6, 6.07) is 8.16. The molecule has 3 heteroatoms. The standard InChI is InChI=1S/C18H26N2O/c1-13(2)6-5-7-14(3)19-18(21)16-9-8-15-10-11-20(4)17(15)12-16/h8-14H,5-7H2,1-4H3,(H,19,21). The van der Waals surface area contributed by atoms with Crippen molar-refractivity contribution < 1.29 is 4.79 Å². The molecule has 1 heterocycles. The summed E-state index contributed by atoms with van der Waals surface area (Å²) in [5.74, 6) is 0.753. The second kappa shape index (κ2) is 6.79. The summed E-state index contributed by atoms with van der Waals surface area (Å²) in [6.07, 6.45) is 5.43. The molecule has 1 atom stereocenters. The molecule has 1 aromatic carbocycles. The molecule has 0 spiro atoms. The zero-order valence-electron chi connectivity index (χ0n) is 13.5. The minimum atomic E-state index is 0.0233. The first-order chi connectivity index (χ1) is 9.97. The van der Waals surface area contributed by atoms with Crippen molar-refractivity contribution in [2.75, 3.05) is 0 Å². The van der Waals surface area contributed by atoms with Crippen LogP contribution in [0.3, 0.4) is 0 Å². The van der Waals surface area contributed by atoms with Gasteiger partial charge in [-0.25, -0.2) is 0 Å². The average Bonchev–Trinajstić information content (AvgIpc) is 2.79. The minimum absolute atomic E-state index is 0.0233. The molecule has 3 nitrogen and oxygen atoms in total. The lowest BCUT2D eigenvalue weighted by Crippen LogP contribution is -2.32. The summed E-state index contributed by atoms with van der Waals surface area (Å²) >= 11 is 0. The third-order valence-corrected chi connectivity index (χ3v) is 3.95. The van der Waals surface area contributed by atoms with Crippen LogP contribution in [0.1, 0.15) is 50.4 Å². The number of rotatable bonds is 6. The third kappa shape index (κ3) is 4.10. The minimum Gasteiger partial charge on any atom is -0.351 e. The number of aromatic nitrogens is 1. The lowest BCUT2D eigenvalue weighted by molar-refractivity contribution is 0.0938. The van der Waals surface area contributed by atoms with Crippen molar-refractivity contribution in [3.8, 4) is 0 Å². The Morgan fingerprint density at radius 1 is 1.19 bits per heavy atom. The molecule has 0 bridgehead atoms. The molecule has 0 aliphatic rings. The third-order valence-electron chi connectivity index (χ3n) is 3.95. The molecular weight excluding hydrogens is 260 g/mol. The molecule has 1 N–H and O–H groups in total. The van der Waals surface area contributed by atoms with E-state index in [0.29, 0.717) is 0 Å². The number of nitrogens with zero attached hydrogens (tertiary/aromatic N) is 1. The van der Waals surface area contributed by atoms with E-state index in [2.05, 4.69) is 32.2 Å². The predicted octanol–water partition coefficient (Wildman–Crippen LogP) is 4.12. The van der Waals surface area contributed by atoms with Gasteiger partial charge in [0.2, 0.25) is 0 Å². The number of hydrogen-bond donors (Lipinski definition) is 1. The molecule has 1 aromatic heterocycles. The van der Waals surface area contributed by atoms with Crippen molar-refractivity contribution >= 4 is 16.8 Å². The maximum Gasteiger partial charge on any atom is 0.251 e. The second-order valence-corrected chi connectivity index (χ2v) is 6.40. The van der Waals surface area contributed by atoms with Gasteiger partial charge in [-0.15, -0.1) is 0 Å². The molecule has 0 saturated heterocycles. The van der Waals surface area contributed by atoms with E-state index in [1.165, 1.54) is 11.8 Å². The zero-order valence-corrected chi connectivity index (χ0v) is 13.5. The van der Waals surface area contributed by atoms with Gasteiger partial charge >= 0.3 is 0 Å². The van der Waals surface area contributed by atoms with Crippen LogP contribution in [0.5, 0.6) is 0 Å². The highest BCUT2D eigenvalue weighted by atomic mass is 16.1. The summed E-state index contributed by atoms with van der Waals surface area (Å²) in [5, 5.41) is 4.26. The molecule has 1 unspecified atom stereocenters. The Morgan fingerprint density at radius 3 is 2.67 bits per heavy atom. The highest BCUT2D eigenvalue weighted by Gasteiger charge is 2.11. The Balaban J connectivity index is 1.96. The molecule has 2 aromatic rings. The van der Waals surface area contributed by atoms with Crippen molar-refractivity contribution in [2.45, 2.75) is 46.1 Å². The monoisotopic (exact) mass is 286 g/mol. The van der Waals surface area contributed by atoms with Gasteiger partial charge in [0.1, 0.15) is 0 Å². The van der Waals surface area contributed by atoms with Crippen LogP contribution in [-0.2, 0) is 7.05 Å². The highest BCUT2D eigenvalue weighted by Crippen LogP contribution is 2.17. The maximum absolute atomic E-state index is 12.3. The average molecular weight is 286 g/mol. The van der Waals surface area contributed by atoms with E-state index in [1.54, 1.807) is 0 Å². The summed E-state index contributed by atoms with van der Waals surface area (Å²) in [7, 11) is 2.00. The van der Waals surface area contributed by atoms with Gasteiger partial charge in [-0.05, 0) is 42.8 Å². The number of amides is 1. The topological polar surface area (TPSA) is 34.0 Å². The normalized spacial score (nSPS) is 12.8. The fourth-order valence-corrected chi connectivity index (χ4v) is 2.62. The number of nitrogens with one attached hydrogen (secondary N) is 1. The van der Waals surface area contributed by atoms with Crippen molar-refractivity contribution in [3.63, 3.8) is 0 Å². The summed E-state index contributed by atoms with van der Waals surface area (Å²) in [6.45, 7) is 6.55. The van der Waals surface area contributed by atoms with Gasteiger partial charge in [-0.2, -0.15) is 0 Å². The van der Waals surface area contributed by atoms with Crippen molar-refractivity contribution in [2.24, 2.45) is 13.0 Å². The molecule has 114 valence electrons. The second-order valence-electron chi connectivity index (χ2n) is 6.40. The summed E-state index contributed by atoms with van der Waals surface area (Å²) < 4.78 is 2.04. The van der Waals surface area contributed by atoms with Gasteiger partial charge in [0, 0.05) is 30.4 Å². The SMILES string of the molecule is CC(C)CCCC(C)NC(=O)c1ccc2ccn(C)c2c1. The van der Waals surface area contributed by atoms with Gasteiger partial charge in [0.15, 0.2) is 0 Å². The molecule has 0 aliphatic heterocycles. The Morgan fingerprint density at radius 2 is 1.95 bits per heavy atom. The lowest BCUT2D eigenvalue weighted by Gasteiger charge is -2.14. The number of aryl methyl sites for hydroxylation is 1. The molecular formula is C18H26N2O. The van der Waals surface area contributed by atoms with Crippen LogP contribution in [0.4, 0.5) is 0 Å². The van der Waals surface area contributed by atoms with Crippen molar-refractivity contribution in [1.82, 2.24) is 9.88 Å². The molecule has 1 amide bonds. The first-order valence-electron chi connectivity index (χ1n) is 7.83. The fraction of sp³-hybridized carbons (Fsp3) is 0.500. The van der Waals surface area contributed by atoms with Gasteiger partial charge in [-0.1, -0.05) is 32.8 Å². The Hall–Kier alpha value is -1.77.